The summed E-state index contributed by atoms with van der Waals surface area (Å²) in [5.41, 5.74) is 0.178. The van der Waals surface area contributed by atoms with Crippen molar-refractivity contribution < 1.29 is 55.2 Å². The molecule has 6 nitrogen and oxygen atoms in total. The molecule has 1 saturated heterocycles. The number of ether oxygens (including phenoxy) is 3. The van der Waals surface area contributed by atoms with Crippen LogP contribution in [0.5, 0.6) is 0 Å². The van der Waals surface area contributed by atoms with E-state index in [1.54, 1.807) is 0 Å². The third-order valence-corrected chi connectivity index (χ3v) is 5.35. The van der Waals surface area contributed by atoms with Crippen LogP contribution in [0, 0.1) is 23.7 Å². The summed E-state index contributed by atoms with van der Waals surface area (Å²) < 4.78 is 90.4. The zero-order valence-corrected chi connectivity index (χ0v) is 14.3. The summed E-state index contributed by atoms with van der Waals surface area (Å²) in [5, 5.41) is 9.82. The molecule has 2 aliphatic carbocycles. The molecule has 0 radical (unpaired) electrons. The monoisotopic (exact) mass is 418 g/mol. The minimum atomic E-state index is -5.86. The lowest BCUT2D eigenvalue weighted by molar-refractivity contribution is -0.315. The molecule has 3 rings (SSSR count). The topological polar surface area (TPSA) is 82.1 Å². The van der Waals surface area contributed by atoms with Gasteiger partial charge in [0.1, 0.15) is 12.2 Å². The molecular weight excluding hydrogens is 402 g/mol. The zero-order chi connectivity index (χ0) is 21.2. The number of hydrogen-bond donors (Lipinski definition) is 1. The number of aliphatic hydroxyl groups excluding tert-OH is 1. The molecule has 0 spiro atoms. The predicted molar refractivity (Wildman–Crippen MR) is 76.1 cm³/mol. The van der Waals surface area contributed by atoms with Crippen LogP contribution in [-0.2, 0) is 23.8 Å². The van der Waals surface area contributed by atoms with Crippen molar-refractivity contribution in [2.75, 3.05) is 0 Å². The molecule has 1 heterocycles. The van der Waals surface area contributed by atoms with Crippen LogP contribution in [0.4, 0.5) is 26.3 Å². The van der Waals surface area contributed by atoms with E-state index < -0.39 is 72.6 Å². The molecule has 158 valence electrons. The Hall–Kier alpha value is -1.82. The maximum atomic E-state index is 12.7. The quantitative estimate of drug-likeness (QED) is 0.319. The number of hydrogen-bond acceptors (Lipinski definition) is 6. The van der Waals surface area contributed by atoms with Crippen molar-refractivity contribution in [3.05, 3.63) is 12.2 Å². The van der Waals surface area contributed by atoms with Crippen molar-refractivity contribution in [1.29, 1.82) is 0 Å². The van der Waals surface area contributed by atoms with E-state index in [9.17, 15) is 41.0 Å². The summed E-state index contributed by atoms with van der Waals surface area (Å²) in [5.74, 6) is -7.06. The van der Waals surface area contributed by atoms with Crippen molar-refractivity contribution in [2.24, 2.45) is 23.7 Å². The highest BCUT2D eigenvalue weighted by molar-refractivity contribution is 5.86. The van der Waals surface area contributed by atoms with Crippen LogP contribution >= 0.6 is 0 Å². The largest absolute Gasteiger partial charge is 0.459 e. The molecule has 2 saturated carbocycles. The Balaban J connectivity index is 1.84. The second kappa shape index (κ2) is 6.61. The molecule has 0 aromatic carbocycles. The van der Waals surface area contributed by atoms with E-state index in [0.29, 0.717) is 0 Å². The van der Waals surface area contributed by atoms with Gasteiger partial charge in [-0.1, -0.05) is 6.58 Å². The van der Waals surface area contributed by atoms with Gasteiger partial charge in [0.15, 0.2) is 6.29 Å². The second-order valence-electron chi connectivity index (χ2n) is 7.22. The third kappa shape index (κ3) is 3.36. The number of carbonyl (C=O) groups is 2. The maximum absolute atomic E-state index is 12.7. The molecule has 0 amide bonds. The Morgan fingerprint density at radius 1 is 1.21 bits per heavy atom. The van der Waals surface area contributed by atoms with Gasteiger partial charge < -0.3 is 19.3 Å². The van der Waals surface area contributed by atoms with Gasteiger partial charge in [0, 0.05) is 11.8 Å². The Labute approximate surface area is 154 Å². The predicted octanol–water partition coefficient (Wildman–Crippen LogP) is 2.11. The van der Waals surface area contributed by atoms with E-state index in [4.69, 9.17) is 9.47 Å². The molecule has 28 heavy (non-hydrogen) atoms. The van der Waals surface area contributed by atoms with Crippen LogP contribution < -0.4 is 0 Å². The lowest BCUT2D eigenvalue weighted by Crippen LogP contribution is -2.49. The normalized spacial score (nSPS) is 35.2. The fraction of sp³-hybridized carbons (Fsp3) is 0.750. The molecule has 7 unspecified atom stereocenters. The van der Waals surface area contributed by atoms with Crippen LogP contribution in [0.15, 0.2) is 12.2 Å². The van der Waals surface area contributed by atoms with Gasteiger partial charge in [0.2, 0.25) is 0 Å². The van der Waals surface area contributed by atoms with Crippen LogP contribution in [0.1, 0.15) is 13.3 Å². The highest BCUT2D eigenvalue weighted by Crippen LogP contribution is 2.59. The van der Waals surface area contributed by atoms with Gasteiger partial charge in [-0.2, -0.15) is 26.3 Å². The lowest BCUT2D eigenvalue weighted by Gasteiger charge is -2.33. The highest BCUT2D eigenvalue weighted by Gasteiger charge is 2.70. The minimum Gasteiger partial charge on any atom is -0.459 e. The van der Waals surface area contributed by atoms with E-state index in [0.717, 1.165) is 0 Å². The first-order chi connectivity index (χ1) is 12.7. The smallest absolute Gasteiger partial charge is 0.434 e. The van der Waals surface area contributed by atoms with Crippen LogP contribution in [0.25, 0.3) is 0 Å². The summed E-state index contributed by atoms with van der Waals surface area (Å²) in [6.45, 7) is 4.88. The molecule has 12 heteroatoms. The minimum absolute atomic E-state index is 0.108. The maximum Gasteiger partial charge on any atom is 0.434 e. The van der Waals surface area contributed by atoms with Gasteiger partial charge in [0.25, 0.3) is 6.10 Å². The number of carbonyl (C=O) groups excluding carboxylic acids is 2. The van der Waals surface area contributed by atoms with Gasteiger partial charge in [-0.25, -0.2) is 0 Å². The van der Waals surface area contributed by atoms with Crippen LogP contribution in [0.3, 0.4) is 0 Å². The molecule has 3 fully saturated rings. The summed E-state index contributed by atoms with van der Waals surface area (Å²) in [7, 11) is 0. The molecular formula is C16H16F6O6. The van der Waals surface area contributed by atoms with Crippen molar-refractivity contribution in [1.82, 2.24) is 0 Å². The number of rotatable bonds is 5. The van der Waals surface area contributed by atoms with Crippen molar-refractivity contribution in [3.63, 3.8) is 0 Å². The molecule has 3 aliphatic rings. The van der Waals surface area contributed by atoms with Crippen LogP contribution in [0.2, 0.25) is 0 Å². The first-order valence-electron chi connectivity index (χ1n) is 8.26. The highest BCUT2D eigenvalue weighted by atomic mass is 19.4. The lowest BCUT2D eigenvalue weighted by atomic mass is 9.78. The number of fused-ring (bicyclic) bond motifs is 1. The Bertz CT molecular complexity index is 674. The molecule has 7 atom stereocenters. The summed E-state index contributed by atoms with van der Waals surface area (Å²) in [6, 6.07) is 0. The van der Waals surface area contributed by atoms with Gasteiger partial charge >= 0.3 is 24.3 Å². The van der Waals surface area contributed by atoms with E-state index in [1.165, 1.54) is 6.92 Å². The number of halogens is 6. The standard InChI is InChI=1S/C16H16F6O6/c1-4(2)11(23)26-9-6-3-5-7(12(24)27-10(5)9)8(6)13(25)28-14(15(17,18)19)16(20,21)22/h5-11,14,23H,1,3H2,2H3. The van der Waals surface area contributed by atoms with Gasteiger partial charge in [-0.15, -0.1) is 0 Å². The Kier molecular flexibility index (Phi) is 4.94. The van der Waals surface area contributed by atoms with Crippen molar-refractivity contribution >= 4 is 11.9 Å². The van der Waals surface area contributed by atoms with E-state index in [-0.39, 0.29) is 12.0 Å². The summed E-state index contributed by atoms with van der Waals surface area (Å²) >= 11 is 0. The molecule has 0 aromatic rings. The van der Waals surface area contributed by atoms with Gasteiger partial charge in [-0.05, 0) is 18.9 Å². The van der Waals surface area contributed by atoms with Crippen LogP contribution in [-0.4, -0.2) is 54.0 Å². The summed E-state index contributed by atoms with van der Waals surface area (Å²) in [4.78, 5) is 24.3. The SMILES string of the molecule is C=C(C)C(O)OC1C2CC3C1OC(=O)C3C2C(=O)OC(C(F)(F)F)C(F)(F)F. The molecule has 0 aromatic heterocycles. The molecule has 1 N–H and O–H groups in total. The second-order valence-corrected chi connectivity index (χ2v) is 7.22. The van der Waals surface area contributed by atoms with Gasteiger partial charge in [0.05, 0.1) is 11.8 Å². The fourth-order valence-corrected chi connectivity index (χ4v) is 4.27. The summed E-state index contributed by atoms with van der Waals surface area (Å²) in [6.07, 6.45) is -19.4. The Morgan fingerprint density at radius 2 is 1.79 bits per heavy atom. The molecule has 1 aliphatic heterocycles. The average molecular weight is 418 g/mol. The van der Waals surface area contributed by atoms with E-state index >= 15 is 0 Å². The fourth-order valence-electron chi connectivity index (χ4n) is 4.27. The van der Waals surface area contributed by atoms with Crippen molar-refractivity contribution in [2.45, 2.75) is 50.3 Å². The third-order valence-electron chi connectivity index (χ3n) is 5.35. The number of aliphatic hydroxyl groups is 1. The Morgan fingerprint density at radius 3 is 2.29 bits per heavy atom. The average Bonchev–Trinajstić information content (AvgIpc) is 3.13. The van der Waals surface area contributed by atoms with Crippen molar-refractivity contribution in [3.8, 4) is 0 Å². The zero-order valence-electron chi connectivity index (χ0n) is 14.3. The first kappa shape index (κ1) is 20.9. The number of alkyl halides is 6. The van der Waals surface area contributed by atoms with E-state index in [2.05, 4.69) is 11.3 Å². The molecule has 2 bridgehead atoms. The first-order valence-corrected chi connectivity index (χ1v) is 8.26. The van der Waals surface area contributed by atoms with E-state index in [1.807, 2.05) is 0 Å². The van der Waals surface area contributed by atoms with Gasteiger partial charge in [-0.3, -0.25) is 9.59 Å². The number of esters is 2.